The van der Waals surface area contributed by atoms with Gasteiger partial charge in [-0.3, -0.25) is 0 Å². The van der Waals surface area contributed by atoms with Crippen LogP contribution in [-0.2, 0) is 6.42 Å². The molecule has 0 bridgehead atoms. The molecule has 1 aliphatic rings. The standard InChI is InChI=1S/C16H19N3/c1-3-12(2)19-11-17-10-15(19)14-8-4-6-13-7-5-9-18-16(13)14/h3-4,6,8,10-12,18H,1,5,7,9H2,2H3. The maximum Gasteiger partial charge on any atom is 0.0956 e. The van der Waals surface area contributed by atoms with Crippen LogP contribution in [0, 0.1) is 0 Å². The molecule has 98 valence electrons. The molecule has 1 unspecified atom stereocenters. The van der Waals surface area contributed by atoms with Gasteiger partial charge in [0.25, 0.3) is 0 Å². The highest BCUT2D eigenvalue weighted by Crippen LogP contribution is 2.34. The van der Waals surface area contributed by atoms with Crippen molar-refractivity contribution in [2.75, 3.05) is 11.9 Å². The SMILES string of the molecule is C=CC(C)n1cncc1-c1cccc2c1NCCC2. The van der Waals surface area contributed by atoms with E-state index in [0.717, 1.165) is 18.7 Å². The molecule has 3 nitrogen and oxygen atoms in total. The molecule has 1 N–H and O–H groups in total. The predicted octanol–water partition coefficient (Wildman–Crippen LogP) is 3.66. The Kier molecular flexibility index (Phi) is 3.11. The van der Waals surface area contributed by atoms with Gasteiger partial charge in [0.05, 0.1) is 24.3 Å². The molecule has 2 heterocycles. The van der Waals surface area contributed by atoms with E-state index >= 15 is 0 Å². The first kappa shape index (κ1) is 12.0. The summed E-state index contributed by atoms with van der Waals surface area (Å²) < 4.78 is 2.17. The minimum atomic E-state index is 0.247. The number of aryl methyl sites for hydroxylation is 1. The van der Waals surface area contributed by atoms with Crippen LogP contribution < -0.4 is 5.32 Å². The first-order valence-corrected chi connectivity index (χ1v) is 6.82. The van der Waals surface area contributed by atoms with Crippen molar-refractivity contribution in [3.05, 3.63) is 48.9 Å². The van der Waals surface area contributed by atoms with Crippen molar-refractivity contribution in [3.8, 4) is 11.3 Å². The molecule has 1 aliphatic heterocycles. The fourth-order valence-electron chi connectivity index (χ4n) is 2.67. The Labute approximate surface area is 114 Å². The molecule has 0 saturated heterocycles. The summed E-state index contributed by atoms with van der Waals surface area (Å²) in [7, 11) is 0. The lowest BCUT2D eigenvalue weighted by Crippen LogP contribution is -2.13. The molecular weight excluding hydrogens is 234 g/mol. The number of hydrogen-bond donors (Lipinski definition) is 1. The van der Waals surface area contributed by atoms with Crippen LogP contribution in [-0.4, -0.2) is 16.1 Å². The lowest BCUT2D eigenvalue weighted by atomic mass is 9.98. The Bertz CT molecular complexity index is 598. The summed E-state index contributed by atoms with van der Waals surface area (Å²) in [6, 6.07) is 6.76. The van der Waals surface area contributed by atoms with E-state index < -0.39 is 0 Å². The van der Waals surface area contributed by atoms with E-state index in [1.165, 1.54) is 23.2 Å². The van der Waals surface area contributed by atoms with Gasteiger partial charge in [-0.05, 0) is 25.3 Å². The normalized spacial score (nSPS) is 15.4. The van der Waals surface area contributed by atoms with Crippen molar-refractivity contribution in [1.29, 1.82) is 0 Å². The molecule has 0 radical (unpaired) electrons. The molecule has 0 spiro atoms. The number of benzene rings is 1. The number of aromatic nitrogens is 2. The van der Waals surface area contributed by atoms with Gasteiger partial charge in [0.2, 0.25) is 0 Å². The quantitative estimate of drug-likeness (QED) is 0.846. The van der Waals surface area contributed by atoms with Crippen LogP contribution in [0.2, 0.25) is 0 Å². The van der Waals surface area contributed by atoms with Crippen molar-refractivity contribution in [3.63, 3.8) is 0 Å². The van der Waals surface area contributed by atoms with E-state index in [1.54, 1.807) is 0 Å². The van der Waals surface area contributed by atoms with E-state index in [-0.39, 0.29) is 6.04 Å². The average Bonchev–Trinajstić information content (AvgIpc) is 2.95. The molecule has 0 aliphatic carbocycles. The van der Waals surface area contributed by atoms with Gasteiger partial charge < -0.3 is 9.88 Å². The third-order valence-corrected chi connectivity index (χ3v) is 3.80. The van der Waals surface area contributed by atoms with Gasteiger partial charge >= 0.3 is 0 Å². The van der Waals surface area contributed by atoms with Gasteiger partial charge in [-0.15, -0.1) is 6.58 Å². The molecule has 0 amide bonds. The number of para-hydroxylation sites is 1. The van der Waals surface area contributed by atoms with Crippen molar-refractivity contribution < 1.29 is 0 Å². The lowest BCUT2D eigenvalue weighted by Gasteiger charge is -2.22. The summed E-state index contributed by atoms with van der Waals surface area (Å²) >= 11 is 0. The largest absolute Gasteiger partial charge is 0.384 e. The molecule has 1 aromatic carbocycles. The van der Waals surface area contributed by atoms with Crippen LogP contribution in [0.5, 0.6) is 0 Å². The molecule has 3 rings (SSSR count). The van der Waals surface area contributed by atoms with Crippen LogP contribution in [0.1, 0.15) is 24.9 Å². The number of nitrogens with zero attached hydrogens (tertiary/aromatic N) is 2. The first-order chi connectivity index (χ1) is 9.31. The van der Waals surface area contributed by atoms with Crippen LogP contribution >= 0.6 is 0 Å². The summed E-state index contributed by atoms with van der Waals surface area (Å²) in [6.07, 6.45) is 8.11. The number of hydrogen-bond acceptors (Lipinski definition) is 2. The molecule has 1 atom stereocenters. The van der Waals surface area contributed by atoms with E-state index in [0.29, 0.717) is 0 Å². The summed E-state index contributed by atoms with van der Waals surface area (Å²) in [5, 5.41) is 3.54. The molecule has 0 fully saturated rings. The highest BCUT2D eigenvalue weighted by atomic mass is 15.1. The van der Waals surface area contributed by atoms with Crippen LogP contribution in [0.15, 0.2) is 43.4 Å². The third-order valence-electron chi connectivity index (χ3n) is 3.80. The monoisotopic (exact) mass is 253 g/mol. The second kappa shape index (κ2) is 4.92. The second-order valence-corrected chi connectivity index (χ2v) is 5.03. The maximum atomic E-state index is 4.30. The van der Waals surface area contributed by atoms with E-state index in [1.807, 2.05) is 18.6 Å². The van der Waals surface area contributed by atoms with E-state index in [9.17, 15) is 0 Å². The number of anilines is 1. The topological polar surface area (TPSA) is 29.9 Å². The Balaban J connectivity index is 2.12. The number of fused-ring (bicyclic) bond motifs is 1. The van der Waals surface area contributed by atoms with Gasteiger partial charge in [0.1, 0.15) is 0 Å². The number of allylic oxidation sites excluding steroid dienone is 1. The zero-order valence-electron chi connectivity index (χ0n) is 11.3. The smallest absolute Gasteiger partial charge is 0.0956 e. The van der Waals surface area contributed by atoms with Gasteiger partial charge in [-0.1, -0.05) is 24.3 Å². The van der Waals surface area contributed by atoms with Crippen LogP contribution in [0.3, 0.4) is 0 Å². The van der Waals surface area contributed by atoms with Crippen molar-refractivity contribution >= 4 is 5.69 Å². The number of nitrogens with one attached hydrogen (secondary N) is 1. The highest BCUT2D eigenvalue weighted by Gasteiger charge is 2.17. The van der Waals surface area contributed by atoms with Gasteiger partial charge in [-0.2, -0.15) is 0 Å². The van der Waals surface area contributed by atoms with E-state index in [2.05, 4.69) is 46.6 Å². The molecular formula is C16H19N3. The average molecular weight is 253 g/mol. The summed E-state index contributed by atoms with van der Waals surface area (Å²) in [5.41, 5.74) is 5.07. The Hall–Kier alpha value is -2.03. The summed E-state index contributed by atoms with van der Waals surface area (Å²) in [6.45, 7) is 7.05. The minimum Gasteiger partial charge on any atom is -0.384 e. The Morgan fingerprint density at radius 2 is 2.37 bits per heavy atom. The van der Waals surface area contributed by atoms with Crippen molar-refractivity contribution in [2.45, 2.75) is 25.8 Å². The van der Waals surface area contributed by atoms with Crippen LogP contribution in [0.4, 0.5) is 5.69 Å². The Morgan fingerprint density at radius 1 is 1.47 bits per heavy atom. The molecule has 0 saturated carbocycles. The first-order valence-electron chi connectivity index (χ1n) is 6.82. The summed E-state index contributed by atoms with van der Waals surface area (Å²) in [4.78, 5) is 4.30. The molecule has 19 heavy (non-hydrogen) atoms. The van der Waals surface area contributed by atoms with Crippen molar-refractivity contribution in [1.82, 2.24) is 9.55 Å². The zero-order chi connectivity index (χ0) is 13.2. The number of imidazole rings is 1. The zero-order valence-corrected chi connectivity index (χ0v) is 11.3. The van der Waals surface area contributed by atoms with Gasteiger partial charge in [0.15, 0.2) is 0 Å². The predicted molar refractivity (Wildman–Crippen MR) is 79.4 cm³/mol. The molecule has 3 heteroatoms. The van der Waals surface area contributed by atoms with Gasteiger partial charge in [0, 0.05) is 17.8 Å². The van der Waals surface area contributed by atoms with E-state index in [4.69, 9.17) is 0 Å². The highest BCUT2D eigenvalue weighted by molar-refractivity contribution is 5.79. The lowest BCUT2D eigenvalue weighted by molar-refractivity contribution is 0.667. The minimum absolute atomic E-state index is 0.247. The fourth-order valence-corrected chi connectivity index (χ4v) is 2.67. The van der Waals surface area contributed by atoms with Crippen LogP contribution in [0.25, 0.3) is 11.3 Å². The Morgan fingerprint density at radius 3 is 3.21 bits per heavy atom. The summed E-state index contributed by atoms with van der Waals surface area (Å²) in [5.74, 6) is 0. The number of rotatable bonds is 3. The molecule has 2 aromatic rings. The second-order valence-electron chi connectivity index (χ2n) is 5.03. The van der Waals surface area contributed by atoms with Crippen molar-refractivity contribution in [2.24, 2.45) is 0 Å². The molecule has 1 aromatic heterocycles. The third kappa shape index (κ3) is 2.05. The van der Waals surface area contributed by atoms with Gasteiger partial charge in [-0.25, -0.2) is 4.98 Å². The fraction of sp³-hybridized carbons (Fsp3) is 0.312. The maximum absolute atomic E-state index is 4.30.